The summed E-state index contributed by atoms with van der Waals surface area (Å²) in [5.41, 5.74) is 1.78. The maximum Gasteiger partial charge on any atom is 0.243 e. The molecule has 5 heteroatoms. The van der Waals surface area contributed by atoms with E-state index in [0.717, 1.165) is 12.0 Å². The fourth-order valence-electron chi connectivity index (χ4n) is 3.34. The van der Waals surface area contributed by atoms with Crippen molar-refractivity contribution in [3.05, 3.63) is 65.5 Å². The van der Waals surface area contributed by atoms with Crippen molar-refractivity contribution in [2.24, 2.45) is 0 Å². The molecule has 0 aliphatic carbocycles. The molecule has 134 valence electrons. The van der Waals surface area contributed by atoms with Gasteiger partial charge in [-0.1, -0.05) is 45.0 Å². The minimum atomic E-state index is -3.60. The lowest BCUT2D eigenvalue weighted by Crippen LogP contribution is -2.30. The summed E-state index contributed by atoms with van der Waals surface area (Å²) in [6.45, 7) is 6.75. The molecule has 3 rings (SSSR count). The molecule has 1 aliphatic rings. The van der Waals surface area contributed by atoms with Crippen LogP contribution in [0.5, 0.6) is 0 Å². The third-order valence-electron chi connectivity index (χ3n) is 4.76. The highest BCUT2D eigenvalue weighted by Crippen LogP contribution is 2.37. The Labute approximate surface area is 149 Å². The molecule has 2 aromatic carbocycles. The van der Waals surface area contributed by atoms with Crippen molar-refractivity contribution in [3.8, 4) is 0 Å². The summed E-state index contributed by atoms with van der Waals surface area (Å²) in [7, 11) is -3.60. The predicted molar refractivity (Wildman–Crippen MR) is 97.4 cm³/mol. The van der Waals surface area contributed by atoms with Crippen molar-refractivity contribution in [1.82, 2.24) is 4.31 Å². The first-order valence-corrected chi connectivity index (χ1v) is 10.0. The number of hydrogen-bond donors (Lipinski definition) is 0. The molecule has 0 spiro atoms. The molecule has 0 unspecified atom stereocenters. The molecule has 1 heterocycles. The normalized spacial score (nSPS) is 19.3. The van der Waals surface area contributed by atoms with Gasteiger partial charge in [-0.15, -0.1) is 0 Å². The lowest BCUT2D eigenvalue weighted by Gasteiger charge is -2.25. The van der Waals surface area contributed by atoms with Gasteiger partial charge in [-0.25, -0.2) is 12.8 Å². The van der Waals surface area contributed by atoms with Crippen LogP contribution in [0.1, 0.15) is 50.8 Å². The van der Waals surface area contributed by atoms with Crippen molar-refractivity contribution in [1.29, 1.82) is 0 Å². The van der Waals surface area contributed by atoms with E-state index in [9.17, 15) is 12.8 Å². The lowest BCUT2D eigenvalue weighted by molar-refractivity contribution is 0.395. The number of sulfonamides is 1. The second kappa shape index (κ2) is 6.54. The minimum Gasteiger partial charge on any atom is -0.207 e. The highest BCUT2D eigenvalue weighted by atomic mass is 32.2. The van der Waals surface area contributed by atoms with Crippen LogP contribution in [-0.2, 0) is 15.4 Å². The van der Waals surface area contributed by atoms with E-state index in [1.165, 1.54) is 16.4 Å². The van der Waals surface area contributed by atoms with Crippen molar-refractivity contribution in [3.63, 3.8) is 0 Å². The van der Waals surface area contributed by atoms with Gasteiger partial charge in [-0.3, -0.25) is 0 Å². The zero-order chi connectivity index (χ0) is 18.2. The van der Waals surface area contributed by atoms with Crippen LogP contribution in [0.25, 0.3) is 0 Å². The monoisotopic (exact) mass is 361 g/mol. The lowest BCUT2D eigenvalue weighted by atomic mass is 9.87. The van der Waals surface area contributed by atoms with Gasteiger partial charge >= 0.3 is 0 Å². The minimum absolute atomic E-state index is 0.0277. The highest BCUT2D eigenvalue weighted by molar-refractivity contribution is 7.89. The van der Waals surface area contributed by atoms with Crippen LogP contribution in [0.4, 0.5) is 4.39 Å². The molecule has 2 aromatic rings. The molecule has 0 aromatic heterocycles. The zero-order valence-electron chi connectivity index (χ0n) is 14.9. The third kappa shape index (κ3) is 3.62. The summed E-state index contributed by atoms with van der Waals surface area (Å²) in [6.07, 6.45) is 1.49. The van der Waals surface area contributed by atoms with E-state index in [1.54, 1.807) is 24.3 Å². The van der Waals surface area contributed by atoms with Crippen LogP contribution < -0.4 is 0 Å². The topological polar surface area (TPSA) is 37.4 Å². The molecule has 0 radical (unpaired) electrons. The summed E-state index contributed by atoms with van der Waals surface area (Å²) in [5.74, 6) is -0.337. The van der Waals surface area contributed by atoms with Crippen molar-refractivity contribution in [2.75, 3.05) is 6.54 Å². The first kappa shape index (κ1) is 18.1. The molecule has 0 bridgehead atoms. The predicted octanol–water partition coefficient (Wildman–Crippen LogP) is 4.65. The summed E-state index contributed by atoms with van der Waals surface area (Å²) >= 11 is 0. The fourth-order valence-corrected chi connectivity index (χ4v) is 5.02. The van der Waals surface area contributed by atoms with Gasteiger partial charge in [0.25, 0.3) is 0 Å². The number of benzene rings is 2. The van der Waals surface area contributed by atoms with Crippen LogP contribution in [0.3, 0.4) is 0 Å². The van der Waals surface area contributed by atoms with Crippen LogP contribution in [-0.4, -0.2) is 19.3 Å². The largest absolute Gasteiger partial charge is 0.243 e. The molecule has 0 saturated carbocycles. The smallest absolute Gasteiger partial charge is 0.207 e. The fraction of sp³-hybridized carbons (Fsp3) is 0.400. The van der Waals surface area contributed by atoms with E-state index in [4.69, 9.17) is 0 Å². The van der Waals surface area contributed by atoms with Gasteiger partial charge in [0.1, 0.15) is 5.82 Å². The molecule has 25 heavy (non-hydrogen) atoms. The average molecular weight is 361 g/mol. The summed E-state index contributed by atoms with van der Waals surface area (Å²) in [5, 5.41) is 0. The number of hydrogen-bond acceptors (Lipinski definition) is 2. The Morgan fingerprint density at radius 1 is 1.08 bits per heavy atom. The first-order valence-electron chi connectivity index (χ1n) is 8.57. The molecule has 0 N–H and O–H groups in total. The highest BCUT2D eigenvalue weighted by Gasteiger charge is 2.36. The van der Waals surface area contributed by atoms with Gasteiger partial charge in [-0.05, 0) is 53.6 Å². The molecule has 1 fully saturated rings. The molecule has 1 aliphatic heterocycles. The number of nitrogens with zero attached hydrogens (tertiary/aromatic N) is 1. The summed E-state index contributed by atoms with van der Waals surface area (Å²) in [4.78, 5) is 0.295. The Balaban J connectivity index is 1.93. The second-order valence-electron chi connectivity index (χ2n) is 7.60. The Kier molecular flexibility index (Phi) is 4.73. The maximum atomic E-state index is 13.6. The van der Waals surface area contributed by atoms with E-state index < -0.39 is 10.0 Å². The maximum absolute atomic E-state index is 13.6. The second-order valence-corrected chi connectivity index (χ2v) is 9.49. The summed E-state index contributed by atoms with van der Waals surface area (Å²) < 4.78 is 41.3. The molecule has 3 nitrogen and oxygen atoms in total. The molecule has 1 saturated heterocycles. The van der Waals surface area contributed by atoms with E-state index in [0.29, 0.717) is 23.4 Å². The van der Waals surface area contributed by atoms with Crippen molar-refractivity contribution >= 4 is 10.0 Å². The SMILES string of the molecule is CC(C)(C)c1ccc(S(=O)(=O)N2CCC[C@@H]2c2cccc(F)c2)cc1. The van der Waals surface area contributed by atoms with Gasteiger partial charge in [0, 0.05) is 6.54 Å². The van der Waals surface area contributed by atoms with Crippen LogP contribution in [0.15, 0.2) is 53.4 Å². The Bertz CT molecular complexity index is 854. The van der Waals surface area contributed by atoms with Crippen LogP contribution in [0, 0.1) is 5.82 Å². The number of halogens is 1. The van der Waals surface area contributed by atoms with Gasteiger partial charge in [0.15, 0.2) is 0 Å². The van der Waals surface area contributed by atoms with Crippen LogP contribution in [0.2, 0.25) is 0 Å². The van der Waals surface area contributed by atoms with E-state index in [1.807, 2.05) is 12.1 Å². The van der Waals surface area contributed by atoms with E-state index >= 15 is 0 Å². The standard InChI is InChI=1S/C20H24FNO2S/c1-20(2,3)16-9-11-18(12-10-16)25(23,24)22-13-5-8-19(22)15-6-4-7-17(21)14-15/h4,6-7,9-12,14,19H,5,8,13H2,1-3H3/t19-/m1/s1. The summed E-state index contributed by atoms with van der Waals surface area (Å²) in [6, 6.07) is 13.0. The van der Waals surface area contributed by atoms with Crippen molar-refractivity contribution in [2.45, 2.75) is 50.0 Å². The van der Waals surface area contributed by atoms with Gasteiger partial charge < -0.3 is 0 Å². The molecule has 0 amide bonds. The van der Waals surface area contributed by atoms with Gasteiger partial charge in [0.2, 0.25) is 10.0 Å². The first-order chi connectivity index (χ1) is 11.7. The van der Waals surface area contributed by atoms with Crippen LogP contribution >= 0.6 is 0 Å². The molecular weight excluding hydrogens is 337 g/mol. The van der Waals surface area contributed by atoms with E-state index in [2.05, 4.69) is 20.8 Å². The quantitative estimate of drug-likeness (QED) is 0.798. The number of rotatable bonds is 3. The Hall–Kier alpha value is -1.72. The molecular formula is C20H24FNO2S. The zero-order valence-corrected chi connectivity index (χ0v) is 15.7. The van der Waals surface area contributed by atoms with Gasteiger partial charge in [0.05, 0.1) is 10.9 Å². The Morgan fingerprint density at radius 2 is 1.76 bits per heavy atom. The van der Waals surface area contributed by atoms with E-state index in [-0.39, 0.29) is 17.3 Å². The van der Waals surface area contributed by atoms with Crippen molar-refractivity contribution < 1.29 is 12.8 Å². The van der Waals surface area contributed by atoms with Gasteiger partial charge in [-0.2, -0.15) is 4.31 Å². The Morgan fingerprint density at radius 3 is 2.36 bits per heavy atom. The molecule has 1 atom stereocenters. The average Bonchev–Trinajstić information content (AvgIpc) is 3.04. The third-order valence-corrected chi connectivity index (χ3v) is 6.69.